The van der Waals surface area contributed by atoms with Crippen LogP contribution < -0.4 is 5.73 Å². The number of aromatic amines is 1. The fraction of sp³-hybridized carbons (Fsp3) is 0.250. The van der Waals surface area contributed by atoms with Gasteiger partial charge in [0.05, 0.1) is 5.69 Å². The van der Waals surface area contributed by atoms with E-state index in [9.17, 15) is 0 Å². The molecule has 0 bridgehead atoms. The van der Waals surface area contributed by atoms with E-state index in [2.05, 4.69) is 25.9 Å². The SMILES string of the molecule is Cc1nc(-c2cc(Br)cc(N)c2C)[nH]c1C. The molecule has 0 fully saturated rings. The average molecular weight is 280 g/mol. The number of imidazole rings is 1. The lowest BCUT2D eigenvalue weighted by atomic mass is 10.1. The number of anilines is 1. The second-order valence-corrected chi connectivity index (χ2v) is 4.88. The Hall–Kier alpha value is -1.29. The third-order valence-electron chi connectivity index (χ3n) is 2.80. The third kappa shape index (κ3) is 1.85. The normalized spacial score (nSPS) is 10.8. The topological polar surface area (TPSA) is 54.7 Å². The molecular weight excluding hydrogens is 266 g/mol. The maximum Gasteiger partial charge on any atom is 0.138 e. The highest BCUT2D eigenvalue weighted by Gasteiger charge is 2.10. The van der Waals surface area contributed by atoms with Crippen molar-refractivity contribution in [2.45, 2.75) is 20.8 Å². The van der Waals surface area contributed by atoms with Crippen LogP contribution in [0.15, 0.2) is 16.6 Å². The summed E-state index contributed by atoms with van der Waals surface area (Å²) in [4.78, 5) is 7.76. The molecule has 0 aliphatic rings. The molecule has 0 saturated heterocycles. The number of aryl methyl sites for hydroxylation is 2. The van der Waals surface area contributed by atoms with E-state index in [4.69, 9.17) is 5.73 Å². The quantitative estimate of drug-likeness (QED) is 0.787. The zero-order chi connectivity index (χ0) is 11.9. The highest BCUT2D eigenvalue weighted by atomic mass is 79.9. The van der Waals surface area contributed by atoms with Gasteiger partial charge >= 0.3 is 0 Å². The van der Waals surface area contributed by atoms with Crippen molar-refractivity contribution >= 4 is 21.6 Å². The number of halogens is 1. The molecule has 3 nitrogen and oxygen atoms in total. The number of rotatable bonds is 1. The number of nitrogens with one attached hydrogen (secondary N) is 1. The Bertz CT molecular complexity index is 524. The van der Waals surface area contributed by atoms with E-state index in [1.54, 1.807) is 0 Å². The first-order valence-corrected chi connectivity index (χ1v) is 5.87. The molecule has 16 heavy (non-hydrogen) atoms. The Morgan fingerprint density at radius 2 is 1.94 bits per heavy atom. The minimum atomic E-state index is 0.774. The molecule has 0 unspecified atom stereocenters. The molecule has 1 aromatic heterocycles. The van der Waals surface area contributed by atoms with E-state index in [0.717, 1.165) is 38.5 Å². The molecule has 0 atom stereocenters. The second kappa shape index (κ2) is 3.94. The van der Waals surface area contributed by atoms with Crippen LogP contribution in [0.5, 0.6) is 0 Å². The molecular formula is C12H14BrN3. The fourth-order valence-electron chi connectivity index (χ4n) is 1.62. The van der Waals surface area contributed by atoms with Crippen LogP contribution in [0.1, 0.15) is 17.0 Å². The monoisotopic (exact) mass is 279 g/mol. The second-order valence-electron chi connectivity index (χ2n) is 3.96. The van der Waals surface area contributed by atoms with E-state index in [1.807, 2.05) is 32.9 Å². The Morgan fingerprint density at radius 3 is 2.50 bits per heavy atom. The highest BCUT2D eigenvalue weighted by molar-refractivity contribution is 9.10. The lowest BCUT2D eigenvalue weighted by Gasteiger charge is -2.07. The molecule has 2 rings (SSSR count). The van der Waals surface area contributed by atoms with Crippen molar-refractivity contribution in [2.24, 2.45) is 0 Å². The van der Waals surface area contributed by atoms with Crippen LogP contribution in [0.4, 0.5) is 5.69 Å². The van der Waals surface area contributed by atoms with Crippen molar-refractivity contribution in [1.82, 2.24) is 9.97 Å². The summed E-state index contributed by atoms with van der Waals surface area (Å²) < 4.78 is 0.970. The number of H-pyrrole nitrogens is 1. The maximum absolute atomic E-state index is 5.93. The van der Waals surface area contributed by atoms with Gasteiger partial charge in [0.25, 0.3) is 0 Å². The minimum absolute atomic E-state index is 0.774. The number of nitrogen functional groups attached to an aromatic ring is 1. The molecule has 2 aromatic rings. The summed E-state index contributed by atoms with van der Waals surface area (Å²) >= 11 is 3.45. The number of nitrogens with zero attached hydrogens (tertiary/aromatic N) is 1. The van der Waals surface area contributed by atoms with E-state index in [0.29, 0.717) is 0 Å². The van der Waals surface area contributed by atoms with E-state index in [1.165, 1.54) is 0 Å². The summed E-state index contributed by atoms with van der Waals surface area (Å²) in [7, 11) is 0. The summed E-state index contributed by atoms with van der Waals surface area (Å²) in [5, 5.41) is 0. The standard InChI is InChI=1S/C12H14BrN3/c1-6-10(4-9(13)5-11(6)14)12-15-7(2)8(3)16-12/h4-5H,14H2,1-3H3,(H,15,16). The van der Waals surface area contributed by atoms with Gasteiger partial charge in [0, 0.05) is 21.4 Å². The van der Waals surface area contributed by atoms with Gasteiger partial charge in [-0.05, 0) is 38.5 Å². The van der Waals surface area contributed by atoms with Crippen LogP contribution in [0.2, 0.25) is 0 Å². The number of hydrogen-bond donors (Lipinski definition) is 2. The van der Waals surface area contributed by atoms with Crippen LogP contribution in [-0.2, 0) is 0 Å². The Balaban J connectivity index is 2.63. The van der Waals surface area contributed by atoms with E-state index < -0.39 is 0 Å². The van der Waals surface area contributed by atoms with Gasteiger partial charge in [0.1, 0.15) is 5.82 Å². The maximum atomic E-state index is 5.93. The molecule has 0 spiro atoms. The Morgan fingerprint density at radius 1 is 1.25 bits per heavy atom. The number of nitrogens with two attached hydrogens (primary N) is 1. The van der Waals surface area contributed by atoms with Crippen LogP contribution >= 0.6 is 15.9 Å². The van der Waals surface area contributed by atoms with Crippen molar-refractivity contribution in [1.29, 1.82) is 0 Å². The van der Waals surface area contributed by atoms with Crippen molar-refractivity contribution in [3.63, 3.8) is 0 Å². The first kappa shape index (κ1) is 11.2. The molecule has 1 aromatic carbocycles. The molecule has 0 radical (unpaired) electrons. The van der Waals surface area contributed by atoms with Crippen LogP contribution in [0.25, 0.3) is 11.4 Å². The molecule has 0 aliphatic carbocycles. The first-order valence-electron chi connectivity index (χ1n) is 5.08. The van der Waals surface area contributed by atoms with Gasteiger partial charge in [-0.2, -0.15) is 0 Å². The van der Waals surface area contributed by atoms with Crippen LogP contribution in [0.3, 0.4) is 0 Å². The van der Waals surface area contributed by atoms with Crippen molar-refractivity contribution in [3.05, 3.63) is 33.6 Å². The van der Waals surface area contributed by atoms with E-state index in [-0.39, 0.29) is 0 Å². The van der Waals surface area contributed by atoms with Gasteiger partial charge in [0.2, 0.25) is 0 Å². The molecule has 3 N–H and O–H groups in total. The minimum Gasteiger partial charge on any atom is -0.398 e. The third-order valence-corrected chi connectivity index (χ3v) is 3.25. The van der Waals surface area contributed by atoms with Gasteiger partial charge in [-0.3, -0.25) is 0 Å². The number of benzene rings is 1. The van der Waals surface area contributed by atoms with E-state index >= 15 is 0 Å². The van der Waals surface area contributed by atoms with Crippen molar-refractivity contribution < 1.29 is 0 Å². The summed E-state index contributed by atoms with van der Waals surface area (Å²) in [5.41, 5.74) is 10.9. The molecule has 1 heterocycles. The summed E-state index contributed by atoms with van der Waals surface area (Å²) in [6.07, 6.45) is 0. The molecule has 4 heteroatoms. The first-order chi connectivity index (χ1) is 7.49. The molecule has 0 aliphatic heterocycles. The highest BCUT2D eigenvalue weighted by Crippen LogP contribution is 2.29. The van der Waals surface area contributed by atoms with Gasteiger partial charge < -0.3 is 10.7 Å². The largest absolute Gasteiger partial charge is 0.398 e. The van der Waals surface area contributed by atoms with Crippen molar-refractivity contribution in [2.75, 3.05) is 5.73 Å². The van der Waals surface area contributed by atoms with Gasteiger partial charge in [-0.15, -0.1) is 0 Å². The summed E-state index contributed by atoms with van der Waals surface area (Å²) in [5.74, 6) is 0.875. The molecule has 0 amide bonds. The lowest BCUT2D eigenvalue weighted by Crippen LogP contribution is -1.94. The van der Waals surface area contributed by atoms with Gasteiger partial charge in [0.15, 0.2) is 0 Å². The smallest absolute Gasteiger partial charge is 0.138 e. The predicted molar refractivity (Wildman–Crippen MR) is 70.3 cm³/mol. The number of hydrogen-bond acceptors (Lipinski definition) is 2. The Kier molecular flexibility index (Phi) is 2.76. The zero-order valence-corrected chi connectivity index (χ0v) is 11.1. The molecule has 0 saturated carbocycles. The Labute approximate surface area is 103 Å². The molecule has 84 valence electrons. The fourth-order valence-corrected chi connectivity index (χ4v) is 2.10. The summed E-state index contributed by atoms with van der Waals surface area (Å²) in [6.45, 7) is 6.01. The van der Waals surface area contributed by atoms with Crippen LogP contribution in [-0.4, -0.2) is 9.97 Å². The van der Waals surface area contributed by atoms with Crippen molar-refractivity contribution in [3.8, 4) is 11.4 Å². The zero-order valence-electron chi connectivity index (χ0n) is 9.56. The predicted octanol–water partition coefficient (Wildman–Crippen LogP) is 3.35. The van der Waals surface area contributed by atoms with Gasteiger partial charge in [-0.1, -0.05) is 15.9 Å². The lowest BCUT2D eigenvalue weighted by molar-refractivity contribution is 1.22. The average Bonchev–Trinajstić information content (AvgIpc) is 2.53. The number of aromatic nitrogens is 2. The van der Waals surface area contributed by atoms with Crippen LogP contribution in [0, 0.1) is 20.8 Å². The summed E-state index contributed by atoms with van der Waals surface area (Å²) in [6, 6.07) is 3.94. The van der Waals surface area contributed by atoms with Gasteiger partial charge in [-0.25, -0.2) is 4.98 Å².